The molecule has 0 radical (unpaired) electrons. The molecule has 6 rings (SSSR count). The van der Waals surface area contributed by atoms with Crippen LogP contribution in [-0.2, 0) is 22.8 Å². The summed E-state index contributed by atoms with van der Waals surface area (Å²) < 4.78 is 35.8. The predicted molar refractivity (Wildman–Crippen MR) is 151 cm³/mol. The van der Waals surface area contributed by atoms with Gasteiger partial charge in [0.1, 0.15) is 16.2 Å². The highest BCUT2D eigenvalue weighted by Crippen LogP contribution is 2.37. The molecular weight excluding hydrogens is 580 g/mol. The number of benzene rings is 3. The Kier molecular flexibility index (Phi) is 6.49. The zero-order valence-electron chi connectivity index (χ0n) is 20.4. The fraction of sp³-hybridized carbons (Fsp3) is 0.0690. The molecule has 1 amide bonds. The van der Waals surface area contributed by atoms with Gasteiger partial charge in [-0.15, -0.1) is 0 Å². The summed E-state index contributed by atoms with van der Waals surface area (Å²) in [6.07, 6.45) is 0.569. The summed E-state index contributed by atoms with van der Waals surface area (Å²) in [4.78, 5) is 22.8. The Bertz CT molecular complexity index is 1930. The summed E-state index contributed by atoms with van der Waals surface area (Å²) in [5.41, 5.74) is 2.74. The molecule has 0 saturated carbocycles. The number of amides is 1. The minimum absolute atomic E-state index is 0.0240. The van der Waals surface area contributed by atoms with Crippen LogP contribution in [0.15, 0.2) is 116 Å². The van der Waals surface area contributed by atoms with Gasteiger partial charge in [-0.05, 0) is 64.3 Å². The van der Waals surface area contributed by atoms with Crippen LogP contribution in [0.1, 0.15) is 16.1 Å². The van der Waals surface area contributed by atoms with Crippen molar-refractivity contribution in [1.82, 2.24) is 14.5 Å². The van der Waals surface area contributed by atoms with Crippen LogP contribution in [0.25, 0.3) is 22.2 Å². The van der Waals surface area contributed by atoms with Crippen molar-refractivity contribution < 1.29 is 17.6 Å². The Balaban J connectivity index is 1.62. The van der Waals surface area contributed by atoms with Gasteiger partial charge in [0.15, 0.2) is 16.1 Å². The van der Waals surface area contributed by atoms with E-state index in [0.29, 0.717) is 34.3 Å². The molecular formula is C29H21BrN4O4S. The van der Waals surface area contributed by atoms with E-state index in [0.717, 1.165) is 5.56 Å². The second-order valence-electron chi connectivity index (χ2n) is 8.82. The lowest BCUT2D eigenvalue weighted by Gasteiger charge is -2.13. The van der Waals surface area contributed by atoms with Crippen LogP contribution < -0.4 is 5.32 Å². The van der Waals surface area contributed by atoms with Crippen molar-refractivity contribution in [3.8, 4) is 0 Å². The maximum absolute atomic E-state index is 14.2. The Labute approximate surface area is 232 Å². The lowest BCUT2D eigenvalue weighted by atomic mass is 10.1. The number of hydrogen-bond donors (Lipinski definition) is 1. The Morgan fingerprint density at radius 3 is 2.15 bits per heavy atom. The molecule has 0 atom stereocenters. The van der Waals surface area contributed by atoms with E-state index in [1.807, 2.05) is 48.5 Å². The van der Waals surface area contributed by atoms with E-state index < -0.39 is 15.7 Å². The minimum Gasteiger partial charge on any atom is -0.444 e. The highest BCUT2D eigenvalue weighted by molar-refractivity contribution is 9.10. The standard InChI is InChI=1S/C29H21BrN4O4S/c30-24-16-15-23(38-24)29(35)33-28-26(39(36,37)20-11-5-2-6-12-20)25-27(32-22-14-8-7-13-21(22)31-25)34(28)18-17-19-9-3-1-4-10-19/h1-16H,17-18H2,(H,33,35). The number of halogens is 1. The fourth-order valence-corrected chi connectivity index (χ4v) is 6.34. The van der Waals surface area contributed by atoms with Gasteiger partial charge in [0.05, 0.1) is 15.9 Å². The minimum atomic E-state index is -4.13. The number of para-hydroxylation sites is 2. The van der Waals surface area contributed by atoms with Crippen molar-refractivity contribution in [3.05, 3.63) is 113 Å². The Morgan fingerprint density at radius 1 is 0.846 bits per heavy atom. The zero-order valence-corrected chi connectivity index (χ0v) is 22.8. The van der Waals surface area contributed by atoms with E-state index >= 15 is 0 Å². The van der Waals surface area contributed by atoms with Gasteiger partial charge in [-0.2, -0.15) is 0 Å². The van der Waals surface area contributed by atoms with Crippen LogP contribution in [0, 0.1) is 0 Å². The van der Waals surface area contributed by atoms with Crippen molar-refractivity contribution in [2.45, 2.75) is 22.8 Å². The first-order chi connectivity index (χ1) is 18.9. The van der Waals surface area contributed by atoms with Crippen LogP contribution in [0.4, 0.5) is 5.82 Å². The average Bonchev–Trinajstić information content (AvgIpc) is 3.52. The molecule has 1 N–H and O–H groups in total. The Hall–Kier alpha value is -4.28. The molecule has 0 fully saturated rings. The number of hydrogen-bond acceptors (Lipinski definition) is 6. The second-order valence-corrected chi connectivity index (χ2v) is 11.5. The smallest absolute Gasteiger partial charge is 0.292 e. The average molecular weight is 601 g/mol. The molecule has 8 nitrogen and oxygen atoms in total. The molecule has 0 unspecified atom stereocenters. The Morgan fingerprint density at radius 2 is 1.49 bits per heavy atom. The van der Waals surface area contributed by atoms with Crippen molar-refractivity contribution in [1.29, 1.82) is 0 Å². The quantitative estimate of drug-likeness (QED) is 0.231. The van der Waals surface area contributed by atoms with Crippen molar-refractivity contribution in [2.24, 2.45) is 0 Å². The monoisotopic (exact) mass is 600 g/mol. The number of carbonyl (C=O) groups excluding carboxylic acids is 1. The molecule has 10 heteroatoms. The van der Waals surface area contributed by atoms with E-state index in [-0.39, 0.29) is 26.9 Å². The topological polar surface area (TPSA) is 107 Å². The van der Waals surface area contributed by atoms with Crippen LogP contribution in [0.3, 0.4) is 0 Å². The number of carbonyl (C=O) groups is 1. The lowest BCUT2D eigenvalue weighted by molar-refractivity contribution is 0.0994. The maximum Gasteiger partial charge on any atom is 0.292 e. The summed E-state index contributed by atoms with van der Waals surface area (Å²) >= 11 is 3.21. The van der Waals surface area contributed by atoms with Gasteiger partial charge < -0.3 is 14.3 Å². The van der Waals surface area contributed by atoms with E-state index in [1.54, 1.807) is 34.9 Å². The van der Waals surface area contributed by atoms with Crippen LogP contribution in [0.2, 0.25) is 0 Å². The summed E-state index contributed by atoms with van der Waals surface area (Å²) in [6, 6.07) is 28.3. The number of rotatable bonds is 7. The number of nitrogens with one attached hydrogen (secondary N) is 1. The van der Waals surface area contributed by atoms with Crippen molar-refractivity contribution >= 4 is 59.7 Å². The van der Waals surface area contributed by atoms with Gasteiger partial charge in [-0.3, -0.25) is 4.79 Å². The van der Waals surface area contributed by atoms with Crippen LogP contribution in [0.5, 0.6) is 0 Å². The van der Waals surface area contributed by atoms with E-state index in [4.69, 9.17) is 14.4 Å². The SMILES string of the molecule is O=C(Nc1c(S(=O)(=O)c2ccccc2)c2nc3ccccc3nc2n1CCc1ccccc1)c1ccc(Br)o1. The molecule has 0 spiro atoms. The molecule has 3 aromatic carbocycles. The largest absolute Gasteiger partial charge is 0.444 e. The third-order valence-electron chi connectivity index (χ3n) is 6.33. The number of aryl methyl sites for hydroxylation is 2. The van der Waals surface area contributed by atoms with Gasteiger partial charge in [-0.1, -0.05) is 60.7 Å². The van der Waals surface area contributed by atoms with Crippen molar-refractivity contribution in [3.63, 3.8) is 0 Å². The van der Waals surface area contributed by atoms with Gasteiger partial charge in [-0.25, -0.2) is 18.4 Å². The third kappa shape index (κ3) is 4.73. The summed E-state index contributed by atoms with van der Waals surface area (Å²) in [5.74, 6) is -0.493. The fourth-order valence-electron chi connectivity index (χ4n) is 4.48. The first kappa shape index (κ1) is 25.0. The molecule has 0 saturated heterocycles. The normalized spacial score (nSPS) is 11.7. The number of anilines is 1. The zero-order chi connectivity index (χ0) is 27.0. The number of furan rings is 1. The summed E-state index contributed by atoms with van der Waals surface area (Å²) in [6.45, 7) is 0.343. The van der Waals surface area contributed by atoms with Gasteiger partial charge in [0.2, 0.25) is 9.84 Å². The molecule has 0 aliphatic carbocycles. The maximum atomic E-state index is 14.2. The van der Waals surface area contributed by atoms with Crippen LogP contribution >= 0.6 is 15.9 Å². The molecule has 0 aliphatic rings. The number of aromatic nitrogens is 3. The van der Waals surface area contributed by atoms with E-state index in [1.165, 1.54) is 18.2 Å². The number of sulfone groups is 1. The number of nitrogens with zero attached hydrogens (tertiary/aromatic N) is 3. The molecule has 39 heavy (non-hydrogen) atoms. The van der Waals surface area contributed by atoms with Gasteiger partial charge in [0.25, 0.3) is 5.91 Å². The molecule has 194 valence electrons. The molecule has 6 aromatic rings. The lowest BCUT2D eigenvalue weighted by Crippen LogP contribution is -2.18. The van der Waals surface area contributed by atoms with Crippen LogP contribution in [-0.4, -0.2) is 28.9 Å². The van der Waals surface area contributed by atoms with E-state index in [9.17, 15) is 13.2 Å². The molecule has 0 aliphatic heterocycles. The summed E-state index contributed by atoms with van der Waals surface area (Å²) in [7, 11) is -4.13. The molecule has 0 bridgehead atoms. The second kappa shape index (κ2) is 10.1. The highest BCUT2D eigenvalue weighted by atomic mass is 79.9. The molecule has 3 aromatic heterocycles. The molecule has 3 heterocycles. The van der Waals surface area contributed by atoms with E-state index in [2.05, 4.69) is 21.2 Å². The number of fused-ring (bicyclic) bond motifs is 2. The first-order valence-corrected chi connectivity index (χ1v) is 14.4. The predicted octanol–water partition coefficient (Wildman–Crippen LogP) is 6.27. The van der Waals surface area contributed by atoms with Gasteiger partial charge in [0, 0.05) is 6.54 Å². The van der Waals surface area contributed by atoms with Crippen molar-refractivity contribution in [2.75, 3.05) is 5.32 Å². The highest BCUT2D eigenvalue weighted by Gasteiger charge is 2.32. The third-order valence-corrected chi connectivity index (χ3v) is 8.57. The first-order valence-electron chi connectivity index (χ1n) is 12.1. The van der Waals surface area contributed by atoms with Gasteiger partial charge >= 0.3 is 0 Å². The summed E-state index contributed by atoms with van der Waals surface area (Å²) in [5, 5.41) is 2.82.